The molecule has 1 aromatic carbocycles. The van der Waals surface area contributed by atoms with Crippen molar-refractivity contribution in [3.63, 3.8) is 0 Å². The molecule has 4 rings (SSSR count). The zero-order valence-electron chi connectivity index (χ0n) is 17.7. The molecule has 1 aliphatic rings. The lowest BCUT2D eigenvalue weighted by atomic mass is 10.0. The van der Waals surface area contributed by atoms with E-state index < -0.39 is 0 Å². The van der Waals surface area contributed by atoms with E-state index in [0.29, 0.717) is 18.0 Å². The van der Waals surface area contributed by atoms with Crippen molar-refractivity contribution in [2.24, 2.45) is 0 Å². The number of hydrogen-bond acceptors (Lipinski definition) is 5. The number of carbonyl (C=O) groups excluding carboxylic acids is 2. The van der Waals surface area contributed by atoms with E-state index in [1.54, 1.807) is 16.2 Å². The maximum absolute atomic E-state index is 13.4. The van der Waals surface area contributed by atoms with Crippen LogP contribution in [0, 0.1) is 0 Å². The molecule has 0 aliphatic carbocycles. The summed E-state index contributed by atoms with van der Waals surface area (Å²) in [5, 5.41) is 3.96. The maximum Gasteiger partial charge on any atom is 0.264 e. The molecule has 31 heavy (non-hydrogen) atoms. The second-order valence-electron chi connectivity index (χ2n) is 7.78. The normalized spacial score (nSPS) is 15.6. The molecule has 0 N–H and O–H groups in total. The first-order chi connectivity index (χ1) is 15.0. The summed E-state index contributed by atoms with van der Waals surface area (Å²) in [6.07, 6.45) is 0.834. The van der Waals surface area contributed by atoms with Crippen LogP contribution in [-0.2, 0) is 11.2 Å². The van der Waals surface area contributed by atoms with E-state index in [9.17, 15) is 9.59 Å². The SMILES string of the molecule is CC(C)N(CC(=O)N1CCc2sccc2[C@@H]1COc1ccccc1)C(=O)c1cccs1. The van der Waals surface area contributed by atoms with Crippen molar-refractivity contribution in [2.45, 2.75) is 32.4 Å². The van der Waals surface area contributed by atoms with Gasteiger partial charge in [-0.15, -0.1) is 22.7 Å². The van der Waals surface area contributed by atoms with Crippen LogP contribution in [0.4, 0.5) is 0 Å². The van der Waals surface area contributed by atoms with Gasteiger partial charge < -0.3 is 14.5 Å². The Kier molecular flexibility index (Phi) is 6.73. The lowest BCUT2D eigenvalue weighted by Gasteiger charge is -2.37. The van der Waals surface area contributed by atoms with E-state index in [1.807, 2.05) is 66.6 Å². The third kappa shape index (κ3) is 4.83. The monoisotopic (exact) mass is 454 g/mol. The molecule has 0 saturated heterocycles. The van der Waals surface area contributed by atoms with Gasteiger partial charge in [-0.05, 0) is 60.9 Å². The summed E-state index contributed by atoms with van der Waals surface area (Å²) in [4.78, 5) is 31.9. The highest BCUT2D eigenvalue weighted by Gasteiger charge is 2.34. The average Bonchev–Trinajstić information content (AvgIpc) is 3.47. The minimum Gasteiger partial charge on any atom is -0.491 e. The van der Waals surface area contributed by atoms with Crippen molar-refractivity contribution in [1.29, 1.82) is 0 Å². The Morgan fingerprint density at radius 2 is 1.90 bits per heavy atom. The van der Waals surface area contributed by atoms with Crippen LogP contribution in [0.5, 0.6) is 5.75 Å². The topological polar surface area (TPSA) is 49.9 Å². The molecule has 1 atom stereocenters. The summed E-state index contributed by atoms with van der Waals surface area (Å²) in [6.45, 7) is 4.98. The summed E-state index contributed by atoms with van der Waals surface area (Å²) in [5.74, 6) is 0.648. The van der Waals surface area contributed by atoms with E-state index in [0.717, 1.165) is 17.7 Å². The number of hydrogen-bond donors (Lipinski definition) is 0. The quantitative estimate of drug-likeness (QED) is 0.512. The highest BCUT2D eigenvalue weighted by Crippen LogP contribution is 2.34. The summed E-state index contributed by atoms with van der Waals surface area (Å²) in [7, 11) is 0. The average molecular weight is 455 g/mol. The fourth-order valence-electron chi connectivity index (χ4n) is 3.83. The summed E-state index contributed by atoms with van der Waals surface area (Å²) in [5.41, 5.74) is 1.15. The number of nitrogens with zero attached hydrogens (tertiary/aromatic N) is 2. The van der Waals surface area contributed by atoms with Gasteiger partial charge in [-0.1, -0.05) is 24.3 Å². The summed E-state index contributed by atoms with van der Waals surface area (Å²) < 4.78 is 6.04. The van der Waals surface area contributed by atoms with Crippen LogP contribution in [0.25, 0.3) is 0 Å². The van der Waals surface area contributed by atoms with Gasteiger partial charge in [0.05, 0.1) is 10.9 Å². The summed E-state index contributed by atoms with van der Waals surface area (Å²) >= 11 is 3.13. The number of carbonyl (C=O) groups is 2. The molecule has 3 aromatic rings. The molecule has 0 spiro atoms. The highest BCUT2D eigenvalue weighted by atomic mass is 32.1. The smallest absolute Gasteiger partial charge is 0.264 e. The molecule has 0 bridgehead atoms. The van der Waals surface area contributed by atoms with Crippen LogP contribution in [0.3, 0.4) is 0 Å². The van der Waals surface area contributed by atoms with E-state index >= 15 is 0 Å². The van der Waals surface area contributed by atoms with Gasteiger partial charge in [0.2, 0.25) is 5.91 Å². The van der Waals surface area contributed by atoms with Gasteiger partial charge in [0.1, 0.15) is 18.9 Å². The van der Waals surface area contributed by atoms with Crippen LogP contribution in [0.2, 0.25) is 0 Å². The number of ether oxygens (including phenoxy) is 1. The first-order valence-corrected chi connectivity index (χ1v) is 12.2. The minimum absolute atomic E-state index is 0.0443. The third-order valence-electron chi connectivity index (χ3n) is 5.49. The predicted molar refractivity (Wildman–Crippen MR) is 125 cm³/mol. The molecule has 1 aliphatic heterocycles. The largest absolute Gasteiger partial charge is 0.491 e. The van der Waals surface area contributed by atoms with Crippen LogP contribution < -0.4 is 4.74 Å². The Labute approximate surface area is 190 Å². The van der Waals surface area contributed by atoms with Gasteiger partial charge in [-0.2, -0.15) is 0 Å². The fraction of sp³-hybridized carbons (Fsp3) is 0.333. The van der Waals surface area contributed by atoms with Gasteiger partial charge in [-0.3, -0.25) is 9.59 Å². The Morgan fingerprint density at radius 1 is 1.10 bits per heavy atom. The lowest BCUT2D eigenvalue weighted by Crippen LogP contribution is -2.49. The minimum atomic E-state index is -0.159. The van der Waals surface area contributed by atoms with Crippen molar-refractivity contribution in [1.82, 2.24) is 9.80 Å². The highest BCUT2D eigenvalue weighted by molar-refractivity contribution is 7.12. The second kappa shape index (κ2) is 9.66. The molecular formula is C24H26N2O3S2. The molecule has 0 unspecified atom stereocenters. The van der Waals surface area contributed by atoms with Crippen molar-refractivity contribution in [3.8, 4) is 5.75 Å². The maximum atomic E-state index is 13.4. The van der Waals surface area contributed by atoms with Gasteiger partial charge >= 0.3 is 0 Å². The van der Waals surface area contributed by atoms with Gasteiger partial charge in [0.15, 0.2) is 0 Å². The van der Waals surface area contributed by atoms with Gasteiger partial charge in [0, 0.05) is 17.5 Å². The number of benzene rings is 1. The number of thiophene rings is 2. The predicted octanol–water partition coefficient (Wildman–Crippen LogP) is 4.87. The van der Waals surface area contributed by atoms with E-state index in [2.05, 4.69) is 11.4 Å². The Balaban J connectivity index is 1.52. The molecule has 0 radical (unpaired) electrons. The first kappa shape index (κ1) is 21.6. The number of amides is 2. The van der Waals surface area contributed by atoms with Gasteiger partial charge in [0.25, 0.3) is 5.91 Å². The van der Waals surface area contributed by atoms with E-state index in [4.69, 9.17) is 4.74 Å². The number of para-hydroxylation sites is 1. The lowest BCUT2D eigenvalue weighted by molar-refractivity contribution is -0.136. The molecular weight excluding hydrogens is 428 g/mol. The van der Waals surface area contributed by atoms with E-state index in [1.165, 1.54) is 16.2 Å². The number of rotatable bonds is 7. The van der Waals surface area contributed by atoms with Crippen molar-refractivity contribution in [2.75, 3.05) is 19.7 Å². The molecule has 0 fully saturated rings. The Hall–Kier alpha value is -2.64. The molecule has 162 valence electrons. The Morgan fingerprint density at radius 3 is 2.61 bits per heavy atom. The standard InChI is InChI=1S/C24H26N2O3S2/c1-17(2)26(24(28)22-9-6-13-30-22)15-23(27)25-12-10-21-19(11-14-31-21)20(25)16-29-18-7-4-3-5-8-18/h3-9,11,13-14,17,20H,10,12,15-16H2,1-2H3/t20-/m0/s1. The molecule has 5 nitrogen and oxygen atoms in total. The molecule has 2 aromatic heterocycles. The summed E-state index contributed by atoms with van der Waals surface area (Å²) in [6, 6.07) is 15.2. The van der Waals surface area contributed by atoms with Crippen LogP contribution in [-0.4, -0.2) is 47.4 Å². The van der Waals surface area contributed by atoms with Crippen molar-refractivity contribution < 1.29 is 14.3 Å². The van der Waals surface area contributed by atoms with Crippen LogP contribution in [0.15, 0.2) is 59.3 Å². The Bertz CT molecular complexity index is 1010. The zero-order chi connectivity index (χ0) is 21.8. The van der Waals surface area contributed by atoms with Crippen LogP contribution >= 0.6 is 22.7 Å². The van der Waals surface area contributed by atoms with Crippen molar-refractivity contribution >= 4 is 34.5 Å². The zero-order valence-corrected chi connectivity index (χ0v) is 19.3. The van der Waals surface area contributed by atoms with Gasteiger partial charge in [-0.25, -0.2) is 0 Å². The third-order valence-corrected chi connectivity index (χ3v) is 7.34. The van der Waals surface area contributed by atoms with Crippen LogP contribution in [0.1, 0.15) is 40.0 Å². The molecule has 3 heterocycles. The van der Waals surface area contributed by atoms with E-state index in [-0.39, 0.29) is 30.4 Å². The molecule has 2 amide bonds. The molecule has 0 saturated carbocycles. The molecule has 7 heteroatoms. The first-order valence-electron chi connectivity index (χ1n) is 10.4. The number of fused-ring (bicyclic) bond motifs is 1. The fourth-order valence-corrected chi connectivity index (χ4v) is 5.44. The van der Waals surface area contributed by atoms with Crippen molar-refractivity contribution in [3.05, 3.63) is 74.6 Å². The second-order valence-corrected chi connectivity index (χ2v) is 9.73.